The highest BCUT2D eigenvalue weighted by Gasteiger charge is 2.32. The highest BCUT2D eigenvalue weighted by molar-refractivity contribution is 9.09. The SMILES string of the molecule is CN(CC1CC(Br)C1)C(=O)c1cccc(C(F)(F)F)c1. The third kappa shape index (κ3) is 3.53. The summed E-state index contributed by atoms with van der Waals surface area (Å²) in [6, 6.07) is 4.56. The lowest BCUT2D eigenvalue weighted by molar-refractivity contribution is -0.137. The van der Waals surface area contributed by atoms with E-state index in [1.54, 1.807) is 7.05 Å². The van der Waals surface area contributed by atoms with Gasteiger partial charge in [-0.25, -0.2) is 0 Å². The molecule has 0 spiro atoms. The monoisotopic (exact) mass is 349 g/mol. The molecule has 1 aromatic carbocycles. The van der Waals surface area contributed by atoms with Gasteiger partial charge in [-0.2, -0.15) is 13.2 Å². The van der Waals surface area contributed by atoms with Crippen molar-refractivity contribution in [3.05, 3.63) is 35.4 Å². The molecule has 2 rings (SSSR count). The summed E-state index contributed by atoms with van der Waals surface area (Å²) in [6.45, 7) is 0.581. The van der Waals surface area contributed by atoms with E-state index in [0.717, 1.165) is 25.0 Å². The number of benzene rings is 1. The van der Waals surface area contributed by atoms with Crippen LogP contribution in [0.5, 0.6) is 0 Å². The molecule has 0 saturated heterocycles. The molecule has 20 heavy (non-hydrogen) atoms. The zero-order chi connectivity index (χ0) is 14.9. The molecule has 1 saturated carbocycles. The summed E-state index contributed by atoms with van der Waals surface area (Å²) in [4.78, 5) is 14.1. The average molecular weight is 350 g/mol. The summed E-state index contributed by atoms with van der Waals surface area (Å²) in [5.41, 5.74) is -0.710. The minimum absolute atomic E-state index is 0.0806. The maximum absolute atomic E-state index is 12.6. The Balaban J connectivity index is 2.05. The zero-order valence-electron chi connectivity index (χ0n) is 11.0. The molecule has 1 fully saturated rings. The van der Waals surface area contributed by atoms with E-state index in [1.165, 1.54) is 17.0 Å². The summed E-state index contributed by atoms with van der Waals surface area (Å²) in [7, 11) is 1.63. The Kier molecular flexibility index (Phi) is 4.42. The lowest BCUT2D eigenvalue weighted by Crippen LogP contribution is -2.37. The molecule has 1 amide bonds. The lowest BCUT2D eigenvalue weighted by atomic mass is 9.85. The number of hydrogen-bond acceptors (Lipinski definition) is 1. The minimum Gasteiger partial charge on any atom is -0.341 e. The van der Waals surface area contributed by atoms with E-state index in [1.807, 2.05) is 0 Å². The van der Waals surface area contributed by atoms with Crippen LogP contribution in [0.1, 0.15) is 28.8 Å². The van der Waals surface area contributed by atoms with Crippen molar-refractivity contribution in [3.63, 3.8) is 0 Å². The number of rotatable bonds is 3. The summed E-state index contributed by atoms with van der Waals surface area (Å²) in [5.74, 6) is 0.0632. The summed E-state index contributed by atoms with van der Waals surface area (Å²) in [6.07, 6.45) is -2.42. The van der Waals surface area contributed by atoms with Gasteiger partial charge in [0.1, 0.15) is 0 Å². The van der Waals surface area contributed by atoms with Crippen LogP contribution in [0.2, 0.25) is 0 Å². The van der Waals surface area contributed by atoms with Crippen LogP contribution in [0.4, 0.5) is 13.2 Å². The van der Waals surface area contributed by atoms with Crippen molar-refractivity contribution in [2.24, 2.45) is 5.92 Å². The highest BCUT2D eigenvalue weighted by atomic mass is 79.9. The first-order valence-corrected chi connectivity index (χ1v) is 7.25. The van der Waals surface area contributed by atoms with Gasteiger partial charge in [-0.05, 0) is 37.0 Å². The maximum atomic E-state index is 12.6. The van der Waals surface area contributed by atoms with Crippen molar-refractivity contribution in [1.82, 2.24) is 4.90 Å². The van der Waals surface area contributed by atoms with Gasteiger partial charge in [0.2, 0.25) is 0 Å². The van der Waals surface area contributed by atoms with Crippen LogP contribution in [-0.2, 0) is 6.18 Å². The quantitative estimate of drug-likeness (QED) is 0.756. The Morgan fingerprint density at radius 1 is 1.40 bits per heavy atom. The molecule has 0 atom stereocenters. The minimum atomic E-state index is -4.42. The largest absolute Gasteiger partial charge is 0.416 e. The smallest absolute Gasteiger partial charge is 0.341 e. The van der Waals surface area contributed by atoms with E-state index in [-0.39, 0.29) is 11.5 Å². The van der Waals surface area contributed by atoms with Gasteiger partial charge in [-0.3, -0.25) is 4.79 Å². The van der Waals surface area contributed by atoms with Crippen molar-refractivity contribution in [2.75, 3.05) is 13.6 Å². The number of nitrogens with zero attached hydrogens (tertiary/aromatic N) is 1. The zero-order valence-corrected chi connectivity index (χ0v) is 12.5. The molecular formula is C14H15BrF3NO. The summed E-state index contributed by atoms with van der Waals surface area (Å²) >= 11 is 3.48. The van der Waals surface area contributed by atoms with E-state index in [4.69, 9.17) is 0 Å². The van der Waals surface area contributed by atoms with Crippen LogP contribution >= 0.6 is 15.9 Å². The first-order valence-electron chi connectivity index (χ1n) is 6.34. The fraction of sp³-hybridized carbons (Fsp3) is 0.500. The predicted molar refractivity (Wildman–Crippen MR) is 73.8 cm³/mol. The van der Waals surface area contributed by atoms with Crippen molar-refractivity contribution >= 4 is 21.8 Å². The second kappa shape index (κ2) is 5.76. The fourth-order valence-corrected chi connectivity index (χ4v) is 3.38. The first kappa shape index (κ1) is 15.4. The third-order valence-electron chi connectivity index (χ3n) is 3.49. The Hall–Kier alpha value is -1.04. The highest BCUT2D eigenvalue weighted by Crippen LogP contribution is 2.34. The fourth-order valence-electron chi connectivity index (χ4n) is 2.32. The molecular weight excluding hydrogens is 335 g/mol. The van der Waals surface area contributed by atoms with Crippen molar-refractivity contribution < 1.29 is 18.0 Å². The Labute approximate surface area is 124 Å². The van der Waals surface area contributed by atoms with E-state index < -0.39 is 11.7 Å². The third-order valence-corrected chi connectivity index (χ3v) is 4.24. The van der Waals surface area contributed by atoms with Crippen molar-refractivity contribution in [3.8, 4) is 0 Å². The average Bonchev–Trinajstić information content (AvgIpc) is 2.35. The van der Waals surface area contributed by atoms with E-state index in [9.17, 15) is 18.0 Å². The molecule has 0 radical (unpaired) electrons. The van der Waals surface area contributed by atoms with Crippen LogP contribution in [0.25, 0.3) is 0 Å². The predicted octanol–water partition coefficient (Wildman–Crippen LogP) is 3.95. The van der Waals surface area contributed by atoms with Crippen LogP contribution in [0.3, 0.4) is 0 Å². The number of carbonyl (C=O) groups is 1. The normalized spacial score (nSPS) is 22.2. The van der Waals surface area contributed by atoms with Gasteiger partial charge in [0.05, 0.1) is 5.56 Å². The molecule has 6 heteroatoms. The second-order valence-corrected chi connectivity index (χ2v) is 6.49. The molecule has 1 aromatic rings. The molecule has 0 aromatic heterocycles. The maximum Gasteiger partial charge on any atom is 0.416 e. The second-order valence-electron chi connectivity index (χ2n) is 5.20. The van der Waals surface area contributed by atoms with E-state index >= 15 is 0 Å². The number of halogens is 4. The van der Waals surface area contributed by atoms with Crippen LogP contribution in [0.15, 0.2) is 24.3 Å². The number of hydrogen-bond donors (Lipinski definition) is 0. The van der Waals surface area contributed by atoms with Gasteiger partial charge >= 0.3 is 6.18 Å². The van der Waals surface area contributed by atoms with Crippen LogP contribution in [-0.4, -0.2) is 29.2 Å². The van der Waals surface area contributed by atoms with Crippen LogP contribution < -0.4 is 0 Å². The van der Waals surface area contributed by atoms with E-state index in [2.05, 4.69) is 15.9 Å². The molecule has 2 nitrogen and oxygen atoms in total. The summed E-state index contributed by atoms with van der Waals surface area (Å²) < 4.78 is 37.9. The van der Waals surface area contributed by atoms with Gasteiger partial charge in [-0.15, -0.1) is 0 Å². The standard InChI is InChI=1S/C14H15BrF3NO/c1-19(8-9-5-12(15)6-9)13(20)10-3-2-4-11(7-10)14(16,17)18/h2-4,7,9,12H,5-6,8H2,1H3. The first-order chi connectivity index (χ1) is 9.27. The summed E-state index contributed by atoms with van der Waals surface area (Å²) in [5, 5.41) is 0. The molecule has 0 unspecified atom stereocenters. The number of amides is 1. The van der Waals surface area contributed by atoms with Gasteiger partial charge in [0.15, 0.2) is 0 Å². The Bertz CT molecular complexity index is 497. The molecule has 0 bridgehead atoms. The molecule has 1 aliphatic carbocycles. The van der Waals surface area contributed by atoms with Gasteiger partial charge < -0.3 is 4.90 Å². The van der Waals surface area contributed by atoms with E-state index in [0.29, 0.717) is 17.3 Å². The number of alkyl halides is 4. The van der Waals surface area contributed by atoms with Crippen molar-refractivity contribution in [1.29, 1.82) is 0 Å². The van der Waals surface area contributed by atoms with Gasteiger partial charge in [-0.1, -0.05) is 22.0 Å². The van der Waals surface area contributed by atoms with Gasteiger partial charge in [0, 0.05) is 24.0 Å². The Morgan fingerprint density at radius 2 is 2.05 bits per heavy atom. The molecule has 0 aliphatic heterocycles. The topological polar surface area (TPSA) is 20.3 Å². The van der Waals surface area contributed by atoms with Crippen LogP contribution in [0, 0.1) is 5.92 Å². The molecule has 0 N–H and O–H groups in total. The lowest BCUT2D eigenvalue weighted by Gasteiger charge is -2.34. The Morgan fingerprint density at radius 3 is 2.60 bits per heavy atom. The van der Waals surface area contributed by atoms with Crippen molar-refractivity contribution in [2.45, 2.75) is 23.8 Å². The molecule has 0 heterocycles. The van der Waals surface area contributed by atoms with Gasteiger partial charge in [0.25, 0.3) is 5.91 Å². The molecule has 110 valence electrons. The number of carbonyl (C=O) groups excluding carboxylic acids is 1. The molecule has 1 aliphatic rings.